The number of halogens is 1. The first-order valence-corrected chi connectivity index (χ1v) is 4.68. The van der Waals surface area contributed by atoms with Crippen molar-refractivity contribution in [3.8, 4) is 0 Å². The fourth-order valence-electron chi connectivity index (χ4n) is 1.33. The molecular formula is C12H14FNO. The predicted octanol–water partition coefficient (Wildman–Crippen LogP) is 2.65. The van der Waals surface area contributed by atoms with Crippen LogP contribution < -0.4 is 4.90 Å². The van der Waals surface area contributed by atoms with Gasteiger partial charge in [0.15, 0.2) is 5.78 Å². The van der Waals surface area contributed by atoms with E-state index in [2.05, 4.69) is 6.58 Å². The average Bonchev–Trinajstić information content (AvgIpc) is 2.17. The SMILES string of the molecule is C=CCN(C)c1ccc(C(C)=O)cc1F. The molecule has 1 aromatic carbocycles. The number of carbonyl (C=O) groups excluding carboxylic acids is 1. The summed E-state index contributed by atoms with van der Waals surface area (Å²) in [6.07, 6.45) is 1.69. The van der Waals surface area contributed by atoms with E-state index in [0.29, 0.717) is 17.8 Å². The van der Waals surface area contributed by atoms with Crippen LogP contribution in [0.2, 0.25) is 0 Å². The van der Waals surface area contributed by atoms with Gasteiger partial charge < -0.3 is 4.90 Å². The summed E-state index contributed by atoms with van der Waals surface area (Å²) in [5.74, 6) is -0.515. The summed E-state index contributed by atoms with van der Waals surface area (Å²) < 4.78 is 13.6. The first-order chi connectivity index (χ1) is 7.06. The van der Waals surface area contributed by atoms with Crippen LogP contribution in [0.5, 0.6) is 0 Å². The minimum absolute atomic E-state index is 0.133. The van der Waals surface area contributed by atoms with E-state index in [4.69, 9.17) is 0 Å². The van der Waals surface area contributed by atoms with Crippen molar-refractivity contribution in [3.05, 3.63) is 42.2 Å². The van der Waals surface area contributed by atoms with Crippen molar-refractivity contribution in [2.75, 3.05) is 18.5 Å². The van der Waals surface area contributed by atoms with Gasteiger partial charge in [0.05, 0.1) is 5.69 Å². The highest BCUT2D eigenvalue weighted by Gasteiger charge is 2.08. The van der Waals surface area contributed by atoms with Crippen molar-refractivity contribution in [1.29, 1.82) is 0 Å². The van der Waals surface area contributed by atoms with E-state index in [1.165, 1.54) is 13.0 Å². The zero-order valence-corrected chi connectivity index (χ0v) is 8.96. The summed E-state index contributed by atoms with van der Waals surface area (Å²) in [6.45, 7) is 5.57. The number of rotatable bonds is 4. The number of carbonyl (C=O) groups is 1. The van der Waals surface area contributed by atoms with Crippen LogP contribution in [0, 0.1) is 5.82 Å². The van der Waals surface area contributed by atoms with Gasteiger partial charge in [0.2, 0.25) is 0 Å². The predicted molar refractivity (Wildman–Crippen MR) is 59.9 cm³/mol. The second kappa shape index (κ2) is 4.73. The Hall–Kier alpha value is -1.64. The molecule has 0 unspecified atom stereocenters. The lowest BCUT2D eigenvalue weighted by atomic mass is 10.1. The van der Waals surface area contributed by atoms with Gasteiger partial charge in [-0.05, 0) is 25.1 Å². The lowest BCUT2D eigenvalue weighted by Gasteiger charge is -2.17. The summed E-state index contributed by atoms with van der Waals surface area (Å²) in [7, 11) is 1.77. The Labute approximate surface area is 89.0 Å². The largest absolute Gasteiger partial charge is 0.369 e. The average molecular weight is 207 g/mol. The molecule has 0 N–H and O–H groups in total. The van der Waals surface area contributed by atoms with E-state index in [-0.39, 0.29) is 11.6 Å². The molecule has 0 spiro atoms. The zero-order valence-electron chi connectivity index (χ0n) is 8.96. The van der Waals surface area contributed by atoms with Crippen molar-refractivity contribution in [1.82, 2.24) is 0 Å². The molecule has 0 heterocycles. The maximum Gasteiger partial charge on any atom is 0.159 e. The van der Waals surface area contributed by atoms with Crippen molar-refractivity contribution < 1.29 is 9.18 Å². The molecule has 0 aliphatic heterocycles. The highest BCUT2D eigenvalue weighted by Crippen LogP contribution is 2.19. The topological polar surface area (TPSA) is 20.3 Å². The molecule has 0 aliphatic rings. The molecule has 0 atom stereocenters. The maximum atomic E-state index is 13.6. The van der Waals surface area contributed by atoms with Crippen molar-refractivity contribution in [2.45, 2.75) is 6.92 Å². The van der Waals surface area contributed by atoms with Crippen LogP contribution in [0.4, 0.5) is 10.1 Å². The van der Waals surface area contributed by atoms with E-state index in [0.717, 1.165) is 0 Å². The quantitative estimate of drug-likeness (QED) is 0.558. The Morgan fingerprint density at radius 3 is 2.73 bits per heavy atom. The molecule has 15 heavy (non-hydrogen) atoms. The summed E-state index contributed by atoms with van der Waals surface area (Å²) in [6, 6.07) is 4.49. The Bertz CT molecular complexity index is 387. The van der Waals surface area contributed by atoms with Crippen LogP contribution in [-0.2, 0) is 0 Å². The number of likely N-dealkylation sites (N-methyl/N-ethyl adjacent to an activating group) is 1. The first-order valence-electron chi connectivity index (χ1n) is 4.68. The maximum absolute atomic E-state index is 13.6. The third-order valence-electron chi connectivity index (χ3n) is 2.17. The van der Waals surface area contributed by atoms with Gasteiger partial charge in [-0.2, -0.15) is 0 Å². The van der Waals surface area contributed by atoms with E-state index >= 15 is 0 Å². The van der Waals surface area contributed by atoms with Gasteiger partial charge in [-0.15, -0.1) is 6.58 Å². The molecule has 0 saturated heterocycles. The Kier molecular flexibility index (Phi) is 3.61. The fourth-order valence-corrected chi connectivity index (χ4v) is 1.33. The van der Waals surface area contributed by atoms with Gasteiger partial charge >= 0.3 is 0 Å². The minimum Gasteiger partial charge on any atom is -0.369 e. The second-order valence-electron chi connectivity index (χ2n) is 3.39. The highest BCUT2D eigenvalue weighted by molar-refractivity contribution is 5.94. The van der Waals surface area contributed by atoms with E-state index in [9.17, 15) is 9.18 Å². The number of hydrogen-bond donors (Lipinski definition) is 0. The minimum atomic E-state index is -0.382. The molecule has 0 bridgehead atoms. The van der Waals surface area contributed by atoms with Crippen molar-refractivity contribution in [2.24, 2.45) is 0 Å². The van der Waals surface area contributed by atoms with Gasteiger partial charge in [0.1, 0.15) is 5.82 Å². The standard InChI is InChI=1S/C12H14FNO/c1-4-7-14(3)12-6-5-10(9(2)15)8-11(12)13/h4-6,8H,1,7H2,2-3H3. The molecule has 0 aliphatic carbocycles. The first kappa shape index (κ1) is 11.4. The molecule has 2 nitrogen and oxygen atoms in total. The van der Waals surface area contributed by atoms with Crippen molar-refractivity contribution in [3.63, 3.8) is 0 Å². The van der Waals surface area contributed by atoms with Crippen LogP contribution >= 0.6 is 0 Å². The molecule has 0 amide bonds. The van der Waals surface area contributed by atoms with Crippen LogP contribution in [0.25, 0.3) is 0 Å². The molecule has 80 valence electrons. The van der Waals surface area contributed by atoms with Gasteiger partial charge in [-0.25, -0.2) is 4.39 Å². The zero-order chi connectivity index (χ0) is 11.4. The van der Waals surface area contributed by atoms with Crippen LogP contribution in [0.1, 0.15) is 17.3 Å². The molecule has 0 radical (unpaired) electrons. The molecule has 0 aromatic heterocycles. The third kappa shape index (κ3) is 2.65. The molecule has 1 rings (SSSR count). The third-order valence-corrected chi connectivity index (χ3v) is 2.17. The number of benzene rings is 1. The summed E-state index contributed by atoms with van der Waals surface area (Å²) in [5, 5.41) is 0. The second-order valence-corrected chi connectivity index (χ2v) is 3.39. The Balaban J connectivity index is 3.02. The lowest BCUT2D eigenvalue weighted by Crippen LogP contribution is -2.18. The van der Waals surface area contributed by atoms with Gasteiger partial charge in [0.25, 0.3) is 0 Å². The van der Waals surface area contributed by atoms with Crippen molar-refractivity contribution >= 4 is 11.5 Å². The lowest BCUT2D eigenvalue weighted by molar-refractivity contribution is 0.101. The Morgan fingerprint density at radius 2 is 2.27 bits per heavy atom. The van der Waals surface area contributed by atoms with Crippen LogP contribution in [0.15, 0.2) is 30.9 Å². The van der Waals surface area contributed by atoms with Gasteiger partial charge in [-0.3, -0.25) is 4.79 Å². The van der Waals surface area contributed by atoms with E-state index < -0.39 is 0 Å². The molecule has 0 saturated carbocycles. The summed E-state index contributed by atoms with van der Waals surface area (Å²) in [5.41, 5.74) is 0.864. The van der Waals surface area contributed by atoms with E-state index in [1.54, 1.807) is 30.2 Å². The molecular weight excluding hydrogens is 193 g/mol. The van der Waals surface area contributed by atoms with Gasteiger partial charge in [-0.1, -0.05) is 6.08 Å². The number of ketones is 1. The monoisotopic (exact) mass is 207 g/mol. The smallest absolute Gasteiger partial charge is 0.159 e. The van der Waals surface area contributed by atoms with Crippen LogP contribution in [0.3, 0.4) is 0 Å². The number of Topliss-reactive ketones (excluding diaryl/α,β-unsaturated/α-hetero) is 1. The number of hydrogen-bond acceptors (Lipinski definition) is 2. The van der Waals surface area contributed by atoms with Crippen LogP contribution in [-0.4, -0.2) is 19.4 Å². The normalized spacial score (nSPS) is 9.80. The summed E-state index contributed by atoms with van der Waals surface area (Å²) >= 11 is 0. The highest BCUT2D eigenvalue weighted by atomic mass is 19.1. The Morgan fingerprint density at radius 1 is 1.60 bits per heavy atom. The summed E-state index contributed by atoms with van der Waals surface area (Å²) in [4.78, 5) is 12.7. The van der Waals surface area contributed by atoms with Gasteiger partial charge in [0, 0.05) is 19.2 Å². The van der Waals surface area contributed by atoms with E-state index in [1.807, 2.05) is 0 Å². The number of nitrogens with zero attached hydrogens (tertiary/aromatic N) is 1. The fraction of sp³-hybridized carbons (Fsp3) is 0.250. The number of anilines is 1. The molecule has 3 heteroatoms. The molecule has 0 fully saturated rings. The molecule has 1 aromatic rings.